The molecule has 11 heavy (non-hydrogen) atoms. The number of ether oxygens (including phenoxy) is 1. The van der Waals surface area contributed by atoms with Gasteiger partial charge in [-0.05, 0) is 0 Å². The van der Waals surface area contributed by atoms with Crippen LogP contribution in [0.2, 0.25) is 11.6 Å². The summed E-state index contributed by atoms with van der Waals surface area (Å²) in [6, 6.07) is 0. The molecule has 4 unspecified atom stereocenters. The Morgan fingerprint density at radius 2 is 2.18 bits per heavy atom. The summed E-state index contributed by atoms with van der Waals surface area (Å²) < 4.78 is 5.06. The van der Waals surface area contributed by atoms with Gasteiger partial charge in [-0.3, -0.25) is 4.79 Å². The Kier molecular flexibility index (Phi) is 1.01. The summed E-state index contributed by atoms with van der Waals surface area (Å²) in [6.45, 7) is 0.727. The monoisotopic (exact) mass is 150 g/mol. The molecule has 0 amide bonds. The number of rotatable bonds is 0. The molecule has 3 rings (SSSR count). The largest absolute Gasteiger partial charge is 0.465 e. The lowest BCUT2D eigenvalue weighted by molar-refractivity contribution is -0.141. The van der Waals surface area contributed by atoms with Crippen molar-refractivity contribution in [2.24, 2.45) is 11.8 Å². The Hall–Kier alpha value is -0.465. The highest BCUT2D eigenvalue weighted by molar-refractivity contribution is 6.43. The molecule has 3 fully saturated rings. The zero-order valence-electron chi connectivity index (χ0n) is 6.45. The van der Waals surface area contributed by atoms with Crippen LogP contribution in [0.1, 0.15) is 12.8 Å². The predicted octanol–water partition coefficient (Wildman–Crippen LogP) is 0.597. The highest BCUT2D eigenvalue weighted by Crippen LogP contribution is 2.56. The average Bonchev–Trinajstić information content (AvgIpc) is 2.60. The van der Waals surface area contributed by atoms with Crippen LogP contribution in [-0.4, -0.2) is 19.9 Å². The molecule has 0 radical (unpaired) electrons. The molecule has 3 aliphatic rings. The van der Waals surface area contributed by atoms with Crippen LogP contribution in [-0.2, 0) is 9.53 Å². The smallest absolute Gasteiger partial charge is 0.308 e. The van der Waals surface area contributed by atoms with Gasteiger partial charge in [-0.2, -0.15) is 0 Å². The van der Waals surface area contributed by atoms with E-state index in [1.807, 2.05) is 0 Å². The molecule has 3 saturated heterocycles. The van der Waals surface area contributed by atoms with Crippen molar-refractivity contribution in [3.8, 4) is 0 Å². The number of hydrogen-bond donors (Lipinski definition) is 0. The van der Waals surface area contributed by atoms with Crippen molar-refractivity contribution in [2.45, 2.75) is 24.5 Å². The van der Waals surface area contributed by atoms with E-state index < -0.39 is 0 Å². The van der Waals surface area contributed by atoms with Crippen LogP contribution in [0.4, 0.5) is 0 Å². The summed E-state index contributed by atoms with van der Waals surface area (Å²) in [7, 11) is 1.31. The molecule has 0 spiro atoms. The highest BCUT2D eigenvalue weighted by Gasteiger charge is 2.55. The first-order valence-electron chi connectivity index (χ1n) is 4.53. The van der Waals surface area contributed by atoms with Crippen LogP contribution in [0, 0.1) is 11.8 Å². The fourth-order valence-corrected chi connectivity index (χ4v) is 3.29. The lowest BCUT2D eigenvalue weighted by Crippen LogP contribution is -2.18. The number of hydrogen-bond acceptors (Lipinski definition) is 2. The summed E-state index contributed by atoms with van der Waals surface area (Å²) in [5.41, 5.74) is 0. The van der Waals surface area contributed by atoms with Gasteiger partial charge in [0.05, 0.1) is 12.5 Å². The number of esters is 1. The van der Waals surface area contributed by atoms with Crippen molar-refractivity contribution in [2.75, 3.05) is 6.61 Å². The zero-order chi connectivity index (χ0) is 7.42. The molecule has 3 heteroatoms. The highest BCUT2D eigenvalue weighted by atomic mass is 16.5. The van der Waals surface area contributed by atoms with Crippen LogP contribution < -0.4 is 0 Å². The topological polar surface area (TPSA) is 26.3 Å². The van der Waals surface area contributed by atoms with E-state index >= 15 is 0 Å². The third-order valence-corrected chi connectivity index (χ3v) is 3.78. The third kappa shape index (κ3) is 0.621. The van der Waals surface area contributed by atoms with E-state index in [1.165, 1.54) is 20.1 Å². The Balaban J connectivity index is 1.97. The SMILES string of the molecule is O=C1OCC2C3BC(CC3)C12. The molecule has 0 aliphatic carbocycles. The van der Waals surface area contributed by atoms with Crippen molar-refractivity contribution in [3.63, 3.8) is 0 Å². The summed E-state index contributed by atoms with van der Waals surface area (Å²) in [5.74, 6) is 2.55. The van der Waals surface area contributed by atoms with Crippen molar-refractivity contribution < 1.29 is 9.53 Å². The van der Waals surface area contributed by atoms with Gasteiger partial charge < -0.3 is 4.74 Å². The van der Waals surface area contributed by atoms with Gasteiger partial charge >= 0.3 is 5.97 Å². The molecular weight excluding hydrogens is 139 g/mol. The predicted molar refractivity (Wildman–Crippen MR) is 41.8 cm³/mol. The van der Waals surface area contributed by atoms with E-state index in [9.17, 15) is 4.79 Å². The van der Waals surface area contributed by atoms with Crippen LogP contribution in [0.3, 0.4) is 0 Å². The Morgan fingerprint density at radius 1 is 1.36 bits per heavy atom. The molecule has 0 aromatic carbocycles. The first-order chi connectivity index (χ1) is 5.36. The summed E-state index contributed by atoms with van der Waals surface area (Å²) in [6.07, 6.45) is 2.63. The maximum atomic E-state index is 11.2. The first-order valence-corrected chi connectivity index (χ1v) is 4.53. The second kappa shape index (κ2) is 1.82. The molecule has 0 aromatic heterocycles. The lowest BCUT2D eigenvalue weighted by atomic mass is 9.65. The molecular formula is C8H11BO2. The van der Waals surface area contributed by atoms with Crippen molar-refractivity contribution in [1.82, 2.24) is 0 Å². The molecule has 3 heterocycles. The van der Waals surface area contributed by atoms with Gasteiger partial charge in [-0.15, -0.1) is 0 Å². The van der Waals surface area contributed by atoms with Crippen molar-refractivity contribution >= 4 is 13.2 Å². The fraction of sp³-hybridized carbons (Fsp3) is 0.875. The van der Waals surface area contributed by atoms with Gasteiger partial charge in [0, 0.05) is 5.92 Å². The number of fused-ring (bicyclic) bond motifs is 5. The van der Waals surface area contributed by atoms with Crippen molar-refractivity contribution in [3.05, 3.63) is 0 Å². The Morgan fingerprint density at radius 3 is 3.00 bits per heavy atom. The third-order valence-electron chi connectivity index (χ3n) is 3.78. The minimum absolute atomic E-state index is 0.0993. The van der Waals surface area contributed by atoms with Gasteiger partial charge in [0.1, 0.15) is 7.28 Å². The number of carbonyl (C=O) groups is 1. The van der Waals surface area contributed by atoms with E-state index in [4.69, 9.17) is 4.74 Å². The summed E-state index contributed by atoms with van der Waals surface area (Å²) in [4.78, 5) is 11.2. The normalized spacial score (nSPS) is 52.2. The Labute approximate surface area is 66.5 Å². The first kappa shape index (κ1) is 6.10. The molecule has 2 nitrogen and oxygen atoms in total. The van der Waals surface area contributed by atoms with Gasteiger partial charge in [0.15, 0.2) is 0 Å². The van der Waals surface area contributed by atoms with E-state index in [2.05, 4.69) is 0 Å². The second-order valence-electron chi connectivity index (χ2n) is 4.15. The van der Waals surface area contributed by atoms with Crippen LogP contribution >= 0.6 is 0 Å². The van der Waals surface area contributed by atoms with Gasteiger partial charge in [-0.25, -0.2) is 0 Å². The summed E-state index contributed by atoms with van der Waals surface area (Å²) >= 11 is 0. The zero-order valence-corrected chi connectivity index (χ0v) is 6.45. The van der Waals surface area contributed by atoms with Gasteiger partial charge in [0.25, 0.3) is 0 Å². The minimum Gasteiger partial charge on any atom is -0.465 e. The maximum absolute atomic E-state index is 11.2. The van der Waals surface area contributed by atoms with Crippen molar-refractivity contribution in [1.29, 1.82) is 0 Å². The molecule has 4 atom stereocenters. The van der Waals surface area contributed by atoms with Crippen LogP contribution in [0.15, 0.2) is 0 Å². The Bertz CT molecular complexity index is 216. The van der Waals surface area contributed by atoms with Gasteiger partial charge in [-0.1, -0.05) is 24.5 Å². The molecule has 0 saturated carbocycles. The average molecular weight is 150 g/mol. The van der Waals surface area contributed by atoms with E-state index in [-0.39, 0.29) is 5.97 Å². The number of carbonyl (C=O) groups excluding carboxylic acids is 1. The summed E-state index contributed by atoms with van der Waals surface area (Å²) in [5, 5.41) is 0. The minimum atomic E-state index is 0.0993. The van der Waals surface area contributed by atoms with Gasteiger partial charge in [0.2, 0.25) is 0 Å². The number of cyclic esters (lactones) is 1. The molecule has 3 aliphatic heterocycles. The quantitative estimate of drug-likeness (QED) is 0.373. The lowest BCUT2D eigenvalue weighted by Gasteiger charge is -2.20. The molecule has 2 bridgehead atoms. The van der Waals surface area contributed by atoms with E-state index in [0.29, 0.717) is 17.7 Å². The van der Waals surface area contributed by atoms with E-state index in [0.717, 1.165) is 12.4 Å². The van der Waals surface area contributed by atoms with Crippen LogP contribution in [0.5, 0.6) is 0 Å². The fourth-order valence-electron chi connectivity index (χ4n) is 3.29. The molecule has 0 aromatic rings. The molecule has 0 N–H and O–H groups in total. The second-order valence-corrected chi connectivity index (χ2v) is 4.15. The van der Waals surface area contributed by atoms with Crippen LogP contribution in [0.25, 0.3) is 0 Å². The maximum Gasteiger partial charge on any atom is 0.308 e. The standard InChI is InChI=1S/C8H11BO2/c10-8-7-4(3-11-8)5-1-2-6(7)9-5/h4-7,9H,1-3H2. The van der Waals surface area contributed by atoms with E-state index in [1.54, 1.807) is 0 Å². The molecule has 58 valence electrons.